The predicted octanol–water partition coefficient (Wildman–Crippen LogP) is -0.916. The van der Waals surface area contributed by atoms with Gasteiger partial charge < -0.3 is 0 Å². The molecule has 0 rings (SSSR count). The molecule has 5 radical (unpaired) electrons. The molecule has 0 aromatic heterocycles. The number of hydrogen-bond donors (Lipinski definition) is 0. The summed E-state index contributed by atoms with van der Waals surface area (Å²) >= 11 is 0. The molecule has 0 unspecified atom stereocenters. The maximum absolute atomic E-state index is 0. The molecule has 0 aliphatic rings. The van der Waals surface area contributed by atoms with Crippen LogP contribution in [0, 0.1) is 107 Å². The summed E-state index contributed by atoms with van der Waals surface area (Å²) in [6, 6.07) is 0. The van der Waals surface area contributed by atoms with Crippen LogP contribution in [0.4, 0.5) is 0 Å². The van der Waals surface area contributed by atoms with Crippen molar-refractivity contribution < 1.29 is 107 Å². The van der Waals surface area contributed by atoms with Crippen LogP contribution < -0.4 is 0 Å². The predicted molar refractivity (Wildman–Crippen MR) is 8.54 cm³/mol. The summed E-state index contributed by atoms with van der Waals surface area (Å²) in [5, 5.41) is 0. The molecular formula is H2La3Sn. The summed E-state index contributed by atoms with van der Waals surface area (Å²) in [5.74, 6) is 0. The van der Waals surface area contributed by atoms with Crippen LogP contribution in [-0.4, -0.2) is 23.9 Å². The molecule has 0 heterocycles. The molecule has 0 aliphatic heterocycles. The minimum absolute atomic E-state index is 0. The van der Waals surface area contributed by atoms with Crippen LogP contribution in [0.25, 0.3) is 0 Å². The van der Waals surface area contributed by atoms with Gasteiger partial charge in [0, 0.05) is 107 Å². The van der Waals surface area contributed by atoms with E-state index in [1.165, 1.54) is 0 Å². The van der Waals surface area contributed by atoms with Gasteiger partial charge in [-0.05, 0) is 0 Å². The van der Waals surface area contributed by atoms with Gasteiger partial charge >= 0.3 is 23.9 Å². The maximum atomic E-state index is 0. The fourth-order valence-electron chi connectivity index (χ4n) is 0. The fraction of sp³-hybridized carbons (Fsp3) is 0. The van der Waals surface area contributed by atoms with Crippen molar-refractivity contribution in [2.45, 2.75) is 0 Å². The van der Waals surface area contributed by atoms with Gasteiger partial charge in [0.05, 0.1) is 0 Å². The Balaban J connectivity index is 0. The van der Waals surface area contributed by atoms with Crippen molar-refractivity contribution in [2.75, 3.05) is 0 Å². The molecule has 0 N–H and O–H groups in total. The van der Waals surface area contributed by atoms with Crippen molar-refractivity contribution in [3.8, 4) is 0 Å². The van der Waals surface area contributed by atoms with E-state index < -0.39 is 0 Å². The molecule has 15 valence electrons. The average Bonchev–Trinajstić information content (AvgIpc) is 0. The molecule has 0 spiro atoms. The standard InChI is InChI=1S/3La.Sn.2H. The summed E-state index contributed by atoms with van der Waals surface area (Å²) in [6.45, 7) is 0. The SMILES string of the molecule is [La].[La].[La].[SnH2]. The van der Waals surface area contributed by atoms with Gasteiger partial charge in [-0.2, -0.15) is 0 Å². The number of hydrogen-bond acceptors (Lipinski definition) is 0. The van der Waals surface area contributed by atoms with Crippen LogP contribution in [0.1, 0.15) is 0 Å². The van der Waals surface area contributed by atoms with Crippen LogP contribution in [-0.2, 0) is 0 Å². The first-order valence-corrected chi connectivity index (χ1v) is 0. The quantitative estimate of drug-likeness (QED) is 0.351. The molecule has 4 heteroatoms. The van der Waals surface area contributed by atoms with Crippen molar-refractivity contribution in [1.82, 2.24) is 0 Å². The summed E-state index contributed by atoms with van der Waals surface area (Å²) in [6.07, 6.45) is 0. The molecule has 0 aromatic carbocycles. The van der Waals surface area contributed by atoms with Crippen LogP contribution in [0.3, 0.4) is 0 Å². The van der Waals surface area contributed by atoms with E-state index in [1.807, 2.05) is 0 Å². The second-order valence-electron chi connectivity index (χ2n) is 0. The Bertz CT molecular complexity index is 3.25. The molecule has 0 amide bonds. The molecular weight excluding hydrogens is 535 g/mol. The first kappa shape index (κ1) is 23.8. The van der Waals surface area contributed by atoms with Crippen LogP contribution in [0.5, 0.6) is 0 Å². The second kappa shape index (κ2) is 15.7. The van der Waals surface area contributed by atoms with Gasteiger partial charge in [-0.15, -0.1) is 0 Å². The third-order valence-electron chi connectivity index (χ3n) is 0. The van der Waals surface area contributed by atoms with Crippen LogP contribution in [0.15, 0.2) is 0 Å². The average molecular weight is 537 g/mol. The molecule has 4 heavy (non-hydrogen) atoms. The van der Waals surface area contributed by atoms with Gasteiger partial charge in [0.25, 0.3) is 0 Å². The van der Waals surface area contributed by atoms with Crippen LogP contribution in [0.2, 0.25) is 0 Å². The third kappa shape index (κ3) is 9.63. The van der Waals surface area contributed by atoms with Crippen molar-refractivity contribution in [3.05, 3.63) is 0 Å². The fourth-order valence-corrected chi connectivity index (χ4v) is 0. The van der Waals surface area contributed by atoms with Gasteiger partial charge in [0.2, 0.25) is 0 Å². The molecule has 0 atom stereocenters. The zero-order valence-corrected chi connectivity index (χ0v) is 17.4. The van der Waals surface area contributed by atoms with E-state index in [0.717, 1.165) is 0 Å². The second-order valence-corrected chi connectivity index (χ2v) is 0. The van der Waals surface area contributed by atoms with Crippen molar-refractivity contribution >= 4 is 23.9 Å². The van der Waals surface area contributed by atoms with Gasteiger partial charge in [-0.3, -0.25) is 0 Å². The zero-order valence-electron chi connectivity index (χ0n) is 2.44. The van der Waals surface area contributed by atoms with Gasteiger partial charge in [0.15, 0.2) is 0 Å². The van der Waals surface area contributed by atoms with Crippen molar-refractivity contribution in [3.63, 3.8) is 0 Å². The third-order valence-corrected chi connectivity index (χ3v) is 0. The molecule has 0 saturated carbocycles. The topological polar surface area (TPSA) is 0 Å². The molecule has 0 nitrogen and oxygen atoms in total. The molecule has 0 fully saturated rings. The monoisotopic (exact) mass is 539 g/mol. The Labute approximate surface area is 127 Å². The summed E-state index contributed by atoms with van der Waals surface area (Å²) < 4.78 is 0. The normalized spacial score (nSPS) is 0. The van der Waals surface area contributed by atoms with E-state index in [4.69, 9.17) is 0 Å². The van der Waals surface area contributed by atoms with Crippen molar-refractivity contribution in [1.29, 1.82) is 0 Å². The minimum atomic E-state index is 0. The Morgan fingerprint density at radius 1 is 0.500 bits per heavy atom. The summed E-state index contributed by atoms with van der Waals surface area (Å²) in [4.78, 5) is 0. The van der Waals surface area contributed by atoms with Gasteiger partial charge in [-0.25, -0.2) is 0 Å². The van der Waals surface area contributed by atoms with E-state index in [-0.39, 0.29) is 131 Å². The van der Waals surface area contributed by atoms with Crippen molar-refractivity contribution in [2.24, 2.45) is 0 Å². The first-order chi connectivity index (χ1) is 0. The summed E-state index contributed by atoms with van der Waals surface area (Å²) in [5.41, 5.74) is 0. The Morgan fingerprint density at radius 3 is 0.500 bits per heavy atom. The number of rotatable bonds is 0. The Kier molecular flexibility index (Phi) is 93.1. The van der Waals surface area contributed by atoms with E-state index in [9.17, 15) is 0 Å². The van der Waals surface area contributed by atoms with Gasteiger partial charge in [0.1, 0.15) is 0 Å². The van der Waals surface area contributed by atoms with E-state index in [0.29, 0.717) is 0 Å². The van der Waals surface area contributed by atoms with Crippen LogP contribution >= 0.6 is 0 Å². The molecule has 0 bridgehead atoms. The molecule has 0 saturated heterocycles. The zero-order chi connectivity index (χ0) is 0. The Morgan fingerprint density at radius 2 is 0.500 bits per heavy atom. The molecule has 0 aromatic rings. The first-order valence-electron chi connectivity index (χ1n) is 0. The van der Waals surface area contributed by atoms with E-state index >= 15 is 0 Å². The van der Waals surface area contributed by atoms with Gasteiger partial charge in [-0.1, -0.05) is 0 Å². The molecule has 0 aliphatic carbocycles. The Hall–Kier alpha value is 4.38. The van der Waals surface area contributed by atoms with E-state index in [1.54, 1.807) is 0 Å². The summed E-state index contributed by atoms with van der Waals surface area (Å²) in [7, 11) is 0. The van der Waals surface area contributed by atoms with E-state index in [2.05, 4.69) is 0 Å².